The summed E-state index contributed by atoms with van der Waals surface area (Å²) in [6.45, 7) is 4.30. The van der Waals surface area contributed by atoms with Gasteiger partial charge in [-0.2, -0.15) is 0 Å². The van der Waals surface area contributed by atoms with E-state index in [4.69, 9.17) is 10.9 Å². The first-order chi connectivity index (χ1) is 8.58. The number of hydrogen-bond donors (Lipinski definition) is 2. The molecular weight excluding hydrogens is 234 g/mol. The third-order valence-corrected chi connectivity index (χ3v) is 2.26. The number of carbonyl (C=O) groups is 1. The summed E-state index contributed by atoms with van der Waals surface area (Å²) in [7, 11) is 0. The fourth-order valence-electron chi connectivity index (χ4n) is 1.41. The van der Waals surface area contributed by atoms with Crippen molar-refractivity contribution in [2.75, 3.05) is 13.1 Å². The normalized spacial score (nSPS) is 11.3. The zero-order valence-corrected chi connectivity index (χ0v) is 10.5. The van der Waals surface area contributed by atoms with Gasteiger partial charge in [0.05, 0.1) is 18.4 Å². The van der Waals surface area contributed by atoms with E-state index >= 15 is 0 Å². The molecule has 1 amide bonds. The molecule has 0 aliphatic rings. The minimum absolute atomic E-state index is 0.0168. The lowest BCUT2D eigenvalue weighted by Crippen LogP contribution is -2.39. The van der Waals surface area contributed by atoms with Crippen molar-refractivity contribution in [2.24, 2.45) is 10.9 Å². The molecule has 0 bridgehead atoms. The molecule has 0 spiro atoms. The average molecular weight is 251 g/mol. The fraction of sp³-hybridized carbons (Fsp3) is 0.455. The number of nitrogens with zero attached hydrogens (tertiary/aromatic N) is 4. The molecule has 3 N–H and O–H groups in total. The summed E-state index contributed by atoms with van der Waals surface area (Å²) in [6, 6.07) is 0. The molecule has 0 atom stereocenters. The van der Waals surface area contributed by atoms with E-state index in [-0.39, 0.29) is 24.0 Å². The maximum atomic E-state index is 12.1. The second kappa shape index (κ2) is 6.53. The van der Waals surface area contributed by atoms with Gasteiger partial charge in [-0.25, -0.2) is 4.98 Å². The number of amides is 1. The number of nitrogens with two attached hydrogens (primary N) is 1. The summed E-state index contributed by atoms with van der Waals surface area (Å²) in [5, 5.41) is 11.4. The first kappa shape index (κ1) is 13.9. The third kappa shape index (κ3) is 3.69. The van der Waals surface area contributed by atoms with Gasteiger partial charge in [-0.3, -0.25) is 9.78 Å². The molecular formula is C11H17N5O2. The van der Waals surface area contributed by atoms with E-state index in [1.165, 1.54) is 17.3 Å². The van der Waals surface area contributed by atoms with Crippen molar-refractivity contribution in [2.45, 2.75) is 20.3 Å². The van der Waals surface area contributed by atoms with Gasteiger partial charge in [0.2, 0.25) is 0 Å². The van der Waals surface area contributed by atoms with Crippen LogP contribution in [0.1, 0.15) is 29.5 Å². The number of amidine groups is 1. The topological polar surface area (TPSA) is 105 Å². The van der Waals surface area contributed by atoms with E-state index in [0.29, 0.717) is 6.54 Å². The molecule has 0 saturated carbocycles. The van der Waals surface area contributed by atoms with Gasteiger partial charge < -0.3 is 15.8 Å². The molecule has 7 heteroatoms. The Labute approximate surface area is 105 Å². The van der Waals surface area contributed by atoms with Crippen molar-refractivity contribution in [3.05, 3.63) is 23.8 Å². The molecule has 98 valence electrons. The Morgan fingerprint density at radius 1 is 1.50 bits per heavy atom. The zero-order chi connectivity index (χ0) is 13.5. The Hall–Kier alpha value is -2.18. The number of rotatable bonds is 5. The molecule has 1 heterocycles. The molecule has 1 rings (SSSR count). The summed E-state index contributed by atoms with van der Waals surface area (Å²) in [6.07, 6.45) is 3.72. The minimum atomic E-state index is -0.282. The quantitative estimate of drug-likeness (QED) is 0.341. The van der Waals surface area contributed by atoms with Crippen LogP contribution < -0.4 is 5.73 Å². The van der Waals surface area contributed by atoms with Crippen LogP contribution >= 0.6 is 0 Å². The van der Waals surface area contributed by atoms with Gasteiger partial charge >= 0.3 is 0 Å². The Morgan fingerprint density at radius 2 is 2.22 bits per heavy atom. The van der Waals surface area contributed by atoms with Crippen LogP contribution in [0.3, 0.4) is 0 Å². The molecule has 1 aromatic rings. The second-order valence-electron chi connectivity index (χ2n) is 3.86. The van der Waals surface area contributed by atoms with Crippen LogP contribution in [0.5, 0.6) is 0 Å². The van der Waals surface area contributed by atoms with Crippen LogP contribution in [0.15, 0.2) is 17.5 Å². The average Bonchev–Trinajstić information content (AvgIpc) is 2.38. The lowest BCUT2D eigenvalue weighted by molar-refractivity contribution is 0.0772. The summed E-state index contributed by atoms with van der Waals surface area (Å²) >= 11 is 0. The molecule has 1 aromatic heterocycles. The summed E-state index contributed by atoms with van der Waals surface area (Å²) in [5.41, 5.74) is 6.40. The van der Waals surface area contributed by atoms with Crippen LogP contribution in [0.4, 0.5) is 0 Å². The van der Waals surface area contributed by atoms with Crippen LogP contribution in [0.2, 0.25) is 0 Å². The zero-order valence-electron chi connectivity index (χ0n) is 10.5. The predicted molar refractivity (Wildman–Crippen MR) is 66.4 cm³/mol. The maximum Gasteiger partial charge on any atom is 0.274 e. The molecule has 0 aliphatic heterocycles. The molecule has 0 aliphatic carbocycles. The highest BCUT2D eigenvalue weighted by Gasteiger charge is 2.17. The largest absolute Gasteiger partial charge is 0.409 e. The van der Waals surface area contributed by atoms with Crippen molar-refractivity contribution < 1.29 is 10.0 Å². The highest BCUT2D eigenvalue weighted by molar-refractivity contribution is 5.95. The van der Waals surface area contributed by atoms with Crippen molar-refractivity contribution in [1.29, 1.82) is 0 Å². The number of aryl methyl sites for hydroxylation is 1. The predicted octanol–water partition coefficient (Wildman–Crippen LogP) is 0.384. The van der Waals surface area contributed by atoms with E-state index in [0.717, 1.165) is 12.1 Å². The Balaban J connectivity index is 2.85. The van der Waals surface area contributed by atoms with E-state index < -0.39 is 0 Å². The summed E-state index contributed by atoms with van der Waals surface area (Å²) < 4.78 is 0. The molecule has 0 saturated heterocycles. The van der Waals surface area contributed by atoms with Crippen LogP contribution in [-0.2, 0) is 0 Å². The number of carbonyl (C=O) groups excluding carboxylic acids is 1. The number of oxime groups is 1. The van der Waals surface area contributed by atoms with E-state index in [2.05, 4.69) is 15.1 Å². The second-order valence-corrected chi connectivity index (χ2v) is 3.86. The lowest BCUT2D eigenvalue weighted by atomic mass is 10.3. The molecule has 0 fully saturated rings. The Morgan fingerprint density at radius 3 is 2.72 bits per heavy atom. The molecule has 18 heavy (non-hydrogen) atoms. The van der Waals surface area contributed by atoms with Gasteiger partial charge in [0.25, 0.3) is 5.91 Å². The SMILES string of the molecule is CCCN(CC(N)=NO)C(=O)c1cnc(C)cn1. The van der Waals surface area contributed by atoms with Crippen LogP contribution in [0.25, 0.3) is 0 Å². The smallest absolute Gasteiger partial charge is 0.274 e. The summed E-state index contributed by atoms with van der Waals surface area (Å²) in [4.78, 5) is 21.6. The molecule has 0 aromatic carbocycles. The van der Waals surface area contributed by atoms with Crippen molar-refractivity contribution in [3.8, 4) is 0 Å². The highest BCUT2D eigenvalue weighted by Crippen LogP contribution is 2.02. The lowest BCUT2D eigenvalue weighted by Gasteiger charge is -2.20. The van der Waals surface area contributed by atoms with E-state index in [1.54, 1.807) is 6.92 Å². The minimum Gasteiger partial charge on any atom is -0.409 e. The summed E-state index contributed by atoms with van der Waals surface area (Å²) in [5.74, 6) is -0.298. The van der Waals surface area contributed by atoms with E-state index in [9.17, 15) is 4.79 Å². The molecule has 0 radical (unpaired) electrons. The van der Waals surface area contributed by atoms with Crippen LogP contribution in [-0.4, -0.2) is 44.9 Å². The standard InChI is InChI=1S/C11H17N5O2/c1-3-4-16(7-10(12)15-18)11(17)9-6-13-8(2)5-14-9/h5-6,18H,3-4,7H2,1-2H3,(H2,12,15). The van der Waals surface area contributed by atoms with Gasteiger partial charge in [-0.15, -0.1) is 0 Å². The number of hydrogen-bond acceptors (Lipinski definition) is 5. The van der Waals surface area contributed by atoms with Crippen molar-refractivity contribution >= 4 is 11.7 Å². The maximum absolute atomic E-state index is 12.1. The van der Waals surface area contributed by atoms with Gasteiger partial charge in [-0.1, -0.05) is 12.1 Å². The third-order valence-electron chi connectivity index (χ3n) is 2.26. The molecule has 0 unspecified atom stereocenters. The van der Waals surface area contributed by atoms with Crippen molar-refractivity contribution in [1.82, 2.24) is 14.9 Å². The van der Waals surface area contributed by atoms with E-state index in [1.807, 2.05) is 6.92 Å². The highest BCUT2D eigenvalue weighted by atomic mass is 16.4. The van der Waals surface area contributed by atoms with Gasteiger partial charge in [0.15, 0.2) is 5.84 Å². The fourth-order valence-corrected chi connectivity index (χ4v) is 1.41. The van der Waals surface area contributed by atoms with Gasteiger partial charge in [-0.05, 0) is 13.3 Å². The Bertz CT molecular complexity index is 430. The Kier molecular flexibility index (Phi) is 5.04. The van der Waals surface area contributed by atoms with Gasteiger partial charge in [0.1, 0.15) is 5.69 Å². The first-order valence-electron chi connectivity index (χ1n) is 5.62. The van der Waals surface area contributed by atoms with Gasteiger partial charge in [0, 0.05) is 12.7 Å². The monoisotopic (exact) mass is 251 g/mol. The first-order valence-corrected chi connectivity index (χ1v) is 5.62. The van der Waals surface area contributed by atoms with Crippen LogP contribution in [0, 0.1) is 6.92 Å². The number of aromatic nitrogens is 2. The van der Waals surface area contributed by atoms with Crippen molar-refractivity contribution in [3.63, 3.8) is 0 Å². The molecule has 7 nitrogen and oxygen atoms in total.